The van der Waals surface area contributed by atoms with Crippen molar-refractivity contribution in [3.05, 3.63) is 42.0 Å². The molecule has 0 radical (unpaired) electrons. The van der Waals surface area contributed by atoms with Crippen LogP contribution in [0.1, 0.15) is 18.4 Å². The van der Waals surface area contributed by atoms with E-state index in [2.05, 4.69) is 18.2 Å². The van der Waals surface area contributed by atoms with E-state index < -0.39 is 0 Å². The number of hydrogen-bond acceptors (Lipinski definition) is 1. The summed E-state index contributed by atoms with van der Waals surface area (Å²) in [6.07, 6.45) is 4.28. The first-order valence-corrected chi connectivity index (χ1v) is 4.86. The molecule has 2 nitrogen and oxygen atoms in total. The Labute approximate surface area is 82.8 Å². The summed E-state index contributed by atoms with van der Waals surface area (Å²) in [6, 6.07) is 8.44. The van der Waals surface area contributed by atoms with Gasteiger partial charge in [-0.15, -0.1) is 0 Å². The van der Waals surface area contributed by atoms with E-state index in [1.54, 1.807) is 6.92 Å². The van der Waals surface area contributed by atoms with Crippen LogP contribution in [0.5, 0.6) is 0 Å². The first-order chi connectivity index (χ1) is 6.79. The molecule has 1 aromatic rings. The smallest absolute Gasteiger partial charge is 0.224 e. The number of benzene rings is 1. The van der Waals surface area contributed by atoms with E-state index in [0.29, 0.717) is 5.92 Å². The number of hydrogen-bond donors (Lipinski definition) is 0. The zero-order chi connectivity index (χ0) is 9.71. The van der Waals surface area contributed by atoms with Gasteiger partial charge in [-0.05, 0) is 11.6 Å². The number of para-hydroxylation sites is 1. The van der Waals surface area contributed by atoms with Gasteiger partial charge in [0.2, 0.25) is 5.91 Å². The molecule has 1 amide bonds. The molecule has 70 valence electrons. The Balaban J connectivity index is 2.17. The fourth-order valence-corrected chi connectivity index (χ4v) is 2.38. The molecule has 1 aliphatic heterocycles. The van der Waals surface area contributed by atoms with Crippen molar-refractivity contribution in [3.8, 4) is 0 Å². The van der Waals surface area contributed by atoms with Gasteiger partial charge in [-0.2, -0.15) is 0 Å². The lowest BCUT2D eigenvalue weighted by Crippen LogP contribution is -2.39. The van der Waals surface area contributed by atoms with Crippen molar-refractivity contribution in [2.24, 2.45) is 0 Å². The molecule has 2 unspecified atom stereocenters. The van der Waals surface area contributed by atoms with Crippen LogP contribution in [0.25, 0.3) is 0 Å². The topological polar surface area (TPSA) is 20.3 Å². The molecule has 1 heterocycles. The Morgan fingerprint density at radius 1 is 1.29 bits per heavy atom. The van der Waals surface area contributed by atoms with Gasteiger partial charge in [-0.3, -0.25) is 4.79 Å². The van der Waals surface area contributed by atoms with Gasteiger partial charge in [0.25, 0.3) is 0 Å². The van der Waals surface area contributed by atoms with Gasteiger partial charge in [0.1, 0.15) is 0 Å². The van der Waals surface area contributed by atoms with Crippen LogP contribution < -0.4 is 4.90 Å². The van der Waals surface area contributed by atoms with Gasteiger partial charge in [-0.1, -0.05) is 30.4 Å². The largest absolute Gasteiger partial charge is 0.305 e. The van der Waals surface area contributed by atoms with Crippen LogP contribution in [0.2, 0.25) is 0 Å². The summed E-state index contributed by atoms with van der Waals surface area (Å²) in [5, 5.41) is 0. The number of fused-ring (bicyclic) bond motifs is 3. The molecule has 2 atom stereocenters. The SMILES string of the molecule is CC(=O)N1c2ccccc2C2C=CC21. The first kappa shape index (κ1) is 7.80. The maximum Gasteiger partial charge on any atom is 0.224 e. The first-order valence-electron chi connectivity index (χ1n) is 4.86. The second-order valence-electron chi connectivity index (χ2n) is 3.85. The second kappa shape index (κ2) is 2.47. The third-order valence-electron chi connectivity index (χ3n) is 3.08. The van der Waals surface area contributed by atoms with E-state index in [-0.39, 0.29) is 11.9 Å². The lowest BCUT2D eigenvalue weighted by molar-refractivity contribution is -0.116. The summed E-state index contributed by atoms with van der Waals surface area (Å²) in [4.78, 5) is 13.4. The summed E-state index contributed by atoms with van der Waals surface area (Å²) in [5.74, 6) is 0.574. The van der Waals surface area contributed by atoms with Crippen molar-refractivity contribution >= 4 is 11.6 Å². The summed E-state index contributed by atoms with van der Waals surface area (Å²) in [5.41, 5.74) is 2.37. The van der Waals surface area contributed by atoms with E-state index in [1.807, 2.05) is 23.1 Å². The number of amides is 1. The van der Waals surface area contributed by atoms with Crippen LogP contribution in [-0.4, -0.2) is 11.9 Å². The molecule has 0 fully saturated rings. The molecule has 0 aromatic heterocycles. The predicted octanol–water partition coefficient (Wildman–Crippen LogP) is 2.08. The summed E-state index contributed by atoms with van der Waals surface area (Å²) in [6.45, 7) is 1.63. The zero-order valence-electron chi connectivity index (χ0n) is 7.97. The minimum atomic E-state index is 0.134. The van der Waals surface area contributed by atoms with Crippen molar-refractivity contribution in [1.29, 1.82) is 0 Å². The molecular weight excluding hydrogens is 174 g/mol. The molecule has 0 spiro atoms. The molecule has 3 rings (SSSR count). The summed E-state index contributed by atoms with van der Waals surface area (Å²) in [7, 11) is 0. The van der Waals surface area contributed by atoms with E-state index in [4.69, 9.17) is 0 Å². The molecule has 2 heteroatoms. The maximum absolute atomic E-state index is 11.5. The van der Waals surface area contributed by atoms with Gasteiger partial charge in [0, 0.05) is 18.5 Å². The Bertz CT molecular complexity index is 436. The number of carbonyl (C=O) groups excluding carboxylic acids is 1. The minimum Gasteiger partial charge on any atom is -0.305 e. The number of rotatable bonds is 0. The maximum atomic E-state index is 11.5. The van der Waals surface area contributed by atoms with Crippen LogP contribution in [0.15, 0.2) is 36.4 Å². The fraction of sp³-hybridized carbons (Fsp3) is 0.250. The highest BCUT2D eigenvalue weighted by Gasteiger charge is 2.41. The normalized spacial score (nSPS) is 26.8. The van der Waals surface area contributed by atoms with Crippen molar-refractivity contribution in [2.45, 2.75) is 18.9 Å². The van der Waals surface area contributed by atoms with Crippen LogP contribution in [0, 0.1) is 0 Å². The third kappa shape index (κ3) is 0.782. The molecule has 1 aromatic carbocycles. The van der Waals surface area contributed by atoms with Crippen LogP contribution >= 0.6 is 0 Å². The van der Waals surface area contributed by atoms with Gasteiger partial charge < -0.3 is 4.90 Å². The molecule has 0 bridgehead atoms. The Morgan fingerprint density at radius 2 is 2.07 bits per heavy atom. The lowest BCUT2D eigenvalue weighted by atomic mass is 9.86. The highest BCUT2D eigenvalue weighted by molar-refractivity contribution is 5.96. The Kier molecular flexibility index (Phi) is 1.38. The molecule has 1 aliphatic carbocycles. The van der Waals surface area contributed by atoms with Crippen molar-refractivity contribution in [1.82, 2.24) is 0 Å². The fourth-order valence-electron chi connectivity index (χ4n) is 2.38. The minimum absolute atomic E-state index is 0.134. The average molecular weight is 185 g/mol. The lowest BCUT2D eigenvalue weighted by Gasteiger charge is -2.29. The second-order valence-corrected chi connectivity index (χ2v) is 3.85. The number of anilines is 1. The quantitative estimate of drug-likeness (QED) is 0.567. The molecular formula is C12H11NO. The Morgan fingerprint density at radius 3 is 2.71 bits per heavy atom. The van der Waals surface area contributed by atoms with Crippen molar-refractivity contribution in [3.63, 3.8) is 0 Å². The molecule has 0 saturated carbocycles. The molecule has 14 heavy (non-hydrogen) atoms. The monoisotopic (exact) mass is 185 g/mol. The van der Waals surface area contributed by atoms with Gasteiger partial charge in [0.05, 0.1) is 6.04 Å². The highest BCUT2D eigenvalue weighted by atomic mass is 16.2. The zero-order valence-corrected chi connectivity index (χ0v) is 7.97. The Hall–Kier alpha value is -1.57. The molecule has 0 saturated heterocycles. The summed E-state index contributed by atoms with van der Waals surface area (Å²) < 4.78 is 0. The van der Waals surface area contributed by atoms with E-state index in [0.717, 1.165) is 5.69 Å². The summed E-state index contributed by atoms with van der Waals surface area (Å²) >= 11 is 0. The van der Waals surface area contributed by atoms with E-state index in [1.165, 1.54) is 5.56 Å². The molecule has 2 aliphatic rings. The molecule has 0 N–H and O–H groups in total. The highest BCUT2D eigenvalue weighted by Crippen LogP contribution is 2.46. The van der Waals surface area contributed by atoms with E-state index in [9.17, 15) is 4.79 Å². The van der Waals surface area contributed by atoms with Crippen molar-refractivity contribution < 1.29 is 4.79 Å². The average Bonchev–Trinajstić information content (AvgIpc) is 2.34. The predicted molar refractivity (Wildman–Crippen MR) is 55.3 cm³/mol. The van der Waals surface area contributed by atoms with Gasteiger partial charge in [0.15, 0.2) is 0 Å². The van der Waals surface area contributed by atoms with Crippen LogP contribution in [0.4, 0.5) is 5.69 Å². The number of carbonyl (C=O) groups is 1. The number of nitrogens with zero attached hydrogens (tertiary/aromatic N) is 1. The van der Waals surface area contributed by atoms with Gasteiger partial charge >= 0.3 is 0 Å². The van der Waals surface area contributed by atoms with Crippen LogP contribution in [-0.2, 0) is 4.79 Å². The van der Waals surface area contributed by atoms with E-state index >= 15 is 0 Å². The van der Waals surface area contributed by atoms with Crippen LogP contribution in [0.3, 0.4) is 0 Å². The van der Waals surface area contributed by atoms with Crippen molar-refractivity contribution in [2.75, 3.05) is 4.90 Å². The van der Waals surface area contributed by atoms with Gasteiger partial charge in [-0.25, -0.2) is 0 Å². The third-order valence-corrected chi connectivity index (χ3v) is 3.08. The standard InChI is InChI=1S/C12H11NO/c1-8(14)13-11-5-3-2-4-9(11)10-6-7-12(10)13/h2-7,10,12H,1H3.